The number of methoxy groups -OCH3 is 1. The molecule has 0 unspecified atom stereocenters. The van der Waals surface area contributed by atoms with E-state index in [0.717, 1.165) is 52.6 Å². The molecule has 0 atom stereocenters. The van der Waals surface area contributed by atoms with Crippen LogP contribution in [0.15, 0.2) is 59.8 Å². The molecule has 1 aliphatic rings. The van der Waals surface area contributed by atoms with E-state index in [1.54, 1.807) is 13.2 Å². The Kier molecular flexibility index (Phi) is 4.63. The summed E-state index contributed by atoms with van der Waals surface area (Å²) in [4.78, 5) is 18.0. The Labute approximate surface area is 158 Å². The van der Waals surface area contributed by atoms with Gasteiger partial charge in [0.15, 0.2) is 0 Å². The molecule has 27 heavy (non-hydrogen) atoms. The first-order chi connectivity index (χ1) is 13.2. The van der Waals surface area contributed by atoms with Gasteiger partial charge in [-0.3, -0.25) is 0 Å². The molecule has 0 fully saturated rings. The molecule has 0 aliphatic heterocycles. The Morgan fingerprint density at radius 2 is 1.85 bits per heavy atom. The number of benzene rings is 3. The van der Waals surface area contributed by atoms with Crippen molar-refractivity contribution in [2.45, 2.75) is 26.2 Å². The maximum absolute atomic E-state index is 12.6. The fourth-order valence-corrected chi connectivity index (χ4v) is 3.65. The number of carbonyl (C=O) groups excluding carboxylic acids is 1. The van der Waals surface area contributed by atoms with Gasteiger partial charge in [0.05, 0.1) is 18.4 Å². The van der Waals surface area contributed by atoms with Crippen LogP contribution in [0.3, 0.4) is 0 Å². The van der Waals surface area contributed by atoms with E-state index in [9.17, 15) is 4.79 Å². The number of ether oxygens (including phenoxy) is 1. The number of hydrogen-bond acceptors (Lipinski definition) is 4. The highest BCUT2D eigenvalue weighted by Gasteiger charge is 2.19. The minimum absolute atomic E-state index is 0.434. The summed E-state index contributed by atoms with van der Waals surface area (Å²) in [6.07, 6.45) is 2.74. The van der Waals surface area contributed by atoms with Crippen LogP contribution >= 0.6 is 0 Å². The number of hydrogen-bond donors (Lipinski definition) is 0. The number of fused-ring (bicyclic) bond motifs is 2. The van der Waals surface area contributed by atoms with E-state index in [1.807, 2.05) is 43.3 Å². The molecule has 0 amide bonds. The second-order valence-corrected chi connectivity index (χ2v) is 6.78. The maximum Gasteiger partial charge on any atom is 0.366 e. The summed E-state index contributed by atoms with van der Waals surface area (Å²) in [6, 6.07) is 17.5. The number of rotatable bonds is 3. The molecular formula is C23H21NO3. The lowest BCUT2D eigenvalue weighted by molar-refractivity contribution is 0.0518. The summed E-state index contributed by atoms with van der Waals surface area (Å²) in [7, 11) is 1.68. The molecule has 0 saturated carbocycles. The van der Waals surface area contributed by atoms with Gasteiger partial charge in [-0.05, 0) is 66.3 Å². The molecule has 0 N–H and O–H groups in total. The van der Waals surface area contributed by atoms with Crippen LogP contribution in [0.2, 0.25) is 0 Å². The number of oxime groups is 1. The van der Waals surface area contributed by atoms with Crippen molar-refractivity contribution in [3.63, 3.8) is 0 Å². The zero-order valence-corrected chi connectivity index (χ0v) is 15.5. The third-order valence-corrected chi connectivity index (χ3v) is 5.04. The third-order valence-electron chi connectivity index (χ3n) is 5.04. The highest BCUT2D eigenvalue weighted by Crippen LogP contribution is 2.29. The van der Waals surface area contributed by atoms with E-state index in [-0.39, 0.29) is 0 Å². The van der Waals surface area contributed by atoms with E-state index in [2.05, 4.69) is 17.3 Å². The second kappa shape index (κ2) is 7.23. The normalized spacial score (nSPS) is 14.8. The van der Waals surface area contributed by atoms with Crippen molar-refractivity contribution in [3.05, 3.63) is 76.9 Å². The molecule has 0 aromatic heterocycles. The van der Waals surface area contributed by atoms with Gasteiger partial charge >= 0.3 is 5.97 Å². The van der Waals surface area contributed by atoms with E-state index < -0.39 is 5.97 Å². The molecule has 3 aromatic carbocycles. The lowest BCUT2D eigenvalue weighted by atomic mass is 9.88. The predicted octanol–water partition coefficient (Wildman–Crippen LogP) is 5.05. The first kappa shape index (κ1) is 17.3. The third kappa shape index (κ3) is 3.31. The minimum Gasteiger partial charge on any atom is -0.496 e. The van der Waals surface area contributed by atoms with Crippen molar-refractivity contribution in [3.8, 4) is 5.75 Å². The average molecular weight is 359 g/mol. The van der Waals surface area contributed by atoms with Gasteiger partial charge in [0, 0.05) is 5.56 Å². The van der Waals surface area contributed by atoms with Gasteiger partial charge in [0.1, 0.15) is 5.75 Å². The Bertz CT molecular complexity index is 1050. The van der Waals surface area contributed by atoms with Crippen LogP contribution in [0.5, 0.6) is 5.75 Å². The monoisotopic (exact) mass is 359 g/mol. The fraction of sp³-hybridized carbons (Fsp3) is 0.217. The zero-order chi connectivity index (χ0) is 18.8. The molecule has 0 heterocycles. The van der Waals surface area contributed by atoms with Crippen molar-refractivity contribution >= 4 is 22.5 Å². The average Bonchev–Trinajstić information content (AvgIpc) is 2.71. The van der Waals surface area contributed by atoms with E-state index in [4.69, 9.17) is 9.57 Å². The molecular weight excluding hydrogens is 338 g/mol. The van der Waals surface area contributed by atoms with Crippen LogP contribution in [0.25, 0.3) is 10.8 Å². The SMILES string of the molecule is COc1cc2c(cc1C)/C(=N\OC(=O)c1cccc3ccccc13)CCC2. The Morgan fingerprint density at radius 3 is 2.70 bits per heavy atom. The Hall–Kier alpha value is -3.14. The maximum atomic E-state index is 12.6. The van der Waals surface area contributed by atoms with Crippen LogP contribution in [0, 0.1) is 6.92 Å². The smallest absolute Gasteiger partial charge is 0.366 e. The molecule has 4 rings (SSSR count). The van der Waals surface area contributed by atoms with Crippen LogP contribution in [0.4, 0.5) is 0 Å². The van der Waals surface area contributed by atoms with Gasteiger partial charge in [-0.2, -0.15) is 0 Å². The Balaban J connectivity index is 1.64. The molecule has 4 heteroatoms. The lowest BCUT2D eigenvalue weighted by Gasteiger charge is -2.19. The number of nitrogens with zero attached hydrogens (tertiary/aromatic N) is 1. The number of carbonyl (C=O) groups is 1. The topological polar surface area (TPSA) is 47.9 Å². The fourth-order valence-electron chi connectivity index (χ4n) is 3.65. The predicted molar refractivity (Wildman–Crippen MR) is 107 cm³/mol. The molecule has 0 radical (unpaired) electrons. The first-order valence-corrected chi connectivity index (χ1v) is 9.11. The lowest BCUT2D eigenvalue weighted by Crippen LogP contribution is -2.14. The van der Waals surface area contributed by atoms with Crippen molar-refractivity contribution in [2.24, 2.45) is 5.16 Å². The second-order valence-electron chi connectivity index (χ2n) is 6.78. The van der Waals surface area contributed by atoms with E-state index >= 15 is 0 Å². The summed E-state index contributed by atoms with van der Waals surface area (Å²) in [5, 5.41) is 6.11. The molecule has 3 aromatic rings. The highest BCUT2D eigenvalue weighted by atomic mass is 16.7. The Morgan fingerprint density at radius 1 is 1.04 bits per heavy atom. The molecule has 0 saturated heterocycles. The van der Waals surface area contributed by atoms with E-state index in [1.165, 1.54) is 5.56 Å². The molecule has 4 nitrogen and oxygen atoms in total. The molecule has 136 valence electrons. The molecule has 1 aliphatic carbocycles. The van der Waals surface area contributed by atoms with Crippen molar-refractivity contribution in [1.82, 2.24) is 0 Å². The van der Waals surface area contributed by atoms with Crippen molar-refractivity contribution in [2.75, 3.05) is 7.11 Å². The quantitative estimate of drug-likeness (QED) is 0.485. The van der Waals surface area contributed by atoms with Gasteiger partial charge in [-0.15, -0.1) is 0 Å². The first-order valence-electron chi connectivity index (χ1n) is 9.11. The largest absolute Gasteiger partial charge is 0.496 e. The van der Waals surface area contributed by atoms with Gasteiger partial charge in [-0.1, -0.05) is 41.6 Å². The van der Waals surface area contributed by atoms with Crippen LogP contribution in [-0.2, 0) is 11.3 Å². The van der Waals surface area contributed by atoms with Crippen molar-refractivity contribution in [1.29, 1.82) is 0 Å². The highest BCUT2D eigenvalue weighted by molar-refractivity contribution is 6.06. The van der Waals surface area contributed by atoms with E-state index in [0.29, 0.717) is 5.56 Å². The minimum atomic E-state index is -0.434. The van der Waals surface area contributed by atoms with Gasteiger partial charge < -0.3 is 9.57 Å². The van der Waals surface area contributed by atoms with Gasteiger partial charge in [-0.25, -0.2) is 4.79 Å². The van der Waals surface area contributed by atoms with Gasteiger partial charge in [0.2, 0.25) is 0 Å². The molecule has 0 bridgehead atoms. The van der Waals surface area contributed by atoms with Gasteiger partial charge in [0.25, 0.3) is 0 Å². The van der Waals surface area contributed by atoms with Crippen LogP contribution < -0.4 is 4.74 Å². The summed E-state index contributed by atoms with van der Waals surface area (Å²) >= 11 is 0. The standard InChI is InChI=1S/C23H21NO3/c1-15-13-20-17(14-22(15)26-2)9-6-12-21(20)24-27-23(25)19-11-5-8-16-7-3-4-10-18(16)19/h3-5,7-8,10-11,13-14H,6,9,12H2,1-2H3/b24-21-. The molecule has 0 spiro atoms. The number of aryl methyl sites for hydroxylation is 2. The summed E-state index contributed by atoms with van der Waals surface area (Å²) in [5.41, 5.74) is 4.62. The summed E-state index contributed by atoms with van der Waals surface area (Å²) in [6.45, 7) is 2.01. The van der Waals surface area contributed by atoms with Crippen LogP contribution in [0.1, 0.15) is 39.9 Å². The summed E-state index contributed by atoms with van der Waals surface area (Å²) in [5.74, 6) is 0.444. The van der Waals surface area contributed by atoms with Crippen LogP contribution in [-0.4, -0.2) is 18.8 Å². The summed E-state index contributed by atoms with van der Waals surface area (Å²) < 4.78 is 5.42. The zero-order valence-electron chi connectivity index (χ0n) is 15.5. The van der Waals surface area contributed by atoms with Crippen molar-refractivity contribution < 1.29 is 14.4 Å².